The summed E-state index contributed by atoms with van der Waals surface area (Å²) in [5, 5.41) is 2.52. The molecule has 2 rings (SSSR count). The number of anilines is 1. The zero-order chi connectivity index (χ0) is 14.8. The summed E-state index contributed by atoms with van der Waals surface area (Å²) in [5.41, 5.74) is 6.67. The molecular weight excluding hydrogens is 257 g/mol. The fraction of sp³-hybridized carbons (Fsp3) is 0.333. The number of carbonyl (C=O) groups is 1. The summed E-state index contributed by atoms with van der Waals surface area (Å²) in [4.78, 5) is 15.0. The highest BCUT2D eigenvalue weighted by Gasteiger charge is 2.37. The predicted molar refractivity (Wildman–Crippen MR) is 78.1 cm³/mol. The molecule has 1 aliphatic rings. The van der Waals surface area contributed by atoms with E-state index in [-0.39, 0.29) is 5.82 Å². The average molecular weight is 275 g/mol. The van der Waals surface area contributed by atoms with Crippen LogP contribution in [0.5, 0.6) is 0 Å². The second-order valence-electron chi connectivity index (χ2n) is 5.05. The van der Waals surface area contributed by atoms with Crippen LogP contribution in [0.1, 0.15) is 31.7 Å². The van der Waals surface area contributed by atoms with Gasteiger partial charge in [-0.1, -0.05) is 6.58 Å². The van der Waals surface area contributed by atoms with Crippen molar-refractivity contribution < 1.29 is 9.18 Å². The molecule has 1 aromatic rings. The van der Waals surface area contributed by atoms with Gasteiger partial charge in [-0.2, -0.15) is 0 Å². The molecule has 1 aromatic carbocycles. The Hall–Kier alpha value is -2.17. The number of nitrogens with zero attached hydrogens (tertiary/aromatic N) is 1. The van der Waals surface area contributed by atoms with Gasteiger partial charge in [0.15, 0.2) is 0 Å². The zero-order valence-electron chi connectivity index (χ0n) is 11.4. The van der Waals surface area contributed by atoms with Crippen LogP contribution in [0.25, 0.3) is 0 Å². The molecule has 0 aromatic heterocycles. The van der Waals surface area contributed by atoms with Gasteiger partial charge in [-0.3, -0.25) is 9.79 Å². The number of hydrogen-bond acceptors (Lipinski definition) is 3. The number of hydrogen-bond donors (Lipinski definition) is 2. The lowest BCUT2D eigenvalue weighted by molar-refractivity contribution is -0.105. The van der Waals surface area contributed by atoms with Gasteiger partial charge in [0.05, 0.1) is 5.84 Å². The molecule has 3 N–H and O–H groups in total. The molecule has 5 heteroatoms. The summed E-state index contributed by atoms with van der Waals surface area (Å²) in [7, 11) is 0. The van der Waals surface area contributed by atoms with Crippen LogP contribution in [0.2, 0.25) is 0 Å². The number of rotatable bonds is 4. The number of benzene rings is 1. The fourth-order valence-corrected chi connectivity index (χ4v) is 2.62. The number of amidine groups is 1. The Balaban J connectivity index is 2.60. The minimum atomic E-state index is -0.840. The molecule has 1 amide bonds. The lowest BCUT2D eigenvalue weighted by Gasteiger charge is -2.35. The highest BCUT2D eigenvalue weighted by Crippen LogP contribution is 2.42. The molecule has 106 valence electrons. The largest absolute Gasteiger partial charge is 0.387 e. The van der Waals surface area contributed by atoms with Crippen LogP contribution in [0.15, 0.2) is 35.3 Å². The number of halogens is 1. The Morgan fingerprint density at radius 2 is 2.35 bits per heavy atom. The lowest BCUT2D eigenvalue weighted by atomic mass is 9.78. The molecule has 1 aliphatic heterocycles. The van der Waals surface area contributed by atoms with Gasteiger partial charge in [0.25, 0.3) is 0 Å². The molecule has 0 unspecified atom stereocenters. The van der Waals surface area contributed by atoms with Gasteiger partial charge < -0.3 is 11.1 Å². The lowest BCUT2D eigenvalue weighted by Crippen LogP contribution is -2.33. The van der Waals surface area contributed by atoms with E-state index >= 15 is 0 Å². The molecule has 0 bridgehead atoms. The minimum absolute atomic E-state index is 0.372. The van der Waals surface area contributed by atoms with E-state index < -0.39 is 5.54 Å². The highest BCUT2D eigenvalue weighted by molar-refractivity contribution is 5.82. The van der Waals surface area contributed by atoms with Crippen LogP contribution in [0.4, 0.5) is 10.1 Å². The molecule has 20 heavy (non-hydrogen) atoms. The van der Waals surface area contributed by atoms with Crippen LogP contribution in [0, 0.1) is 5.82 Å². The summed E-state index contributed by atoms with van der Waals surface area (Å²) >= 11 is 0. The molecule has 1 heterocycles. The Morgan fingerprint density at radius 1 is 1.60 bits per heavy atom. The number of nitrogens with one attached hydrogen (secondary N) is 1. The predicted octanol–water partition coefficient (Wildman–Crippen LogP) is 2.71. The maximum absolute atomic E-state index is 14.3. The van der Waals surface area contributed by atoms with Crippen molar-refractivity contribution >= 4 is 17.9 Å². The van der Waals surface area contributed by atoms with Gasteiger partial charge in [0, 0.05) is 17.7 Å². The van der Waals surface area contributed by atoms with E-state index in [2.05, 4.69) is 16.9 Å². The molecule has 4 nitrogen and oxygen atoms in total. The van der Waals surface area contributed by atoms with E-state index in [1.165, 1.54) is 12.1 Å². The third kappa shape index (κ3) is 2.43. The van der Waals surface area contributed by atoms with Crippen LogP contribution in [-0.4, -0.2) is 12.2 Å². The van der Waals surface area contributed by atoms with Gasteiger partial charge in [-0.05, 0) is 43.5 Å². The molecule has 0 fully saturated rings. The maximum Gasteiger partial charge on any atom is 0.211 e. The van der Waals surface area contributed by atoms with Crippen LogP contribution < -0.4 is 11.1 Å². The van der Waals surface area contributed by atoms with Crippen LogP contribution in [0.3, 0.4) is 0 Å². The number of amides is 1. The van der Waals surface area contributed by atoms with E-state index in [0.717, 1.165) is 12.0 Å². The van der Waals surface area contributed by atoms with Crippen molar-refractivity contribution in [1.29, 1.82) is 0 Å². The Kier molecular flexibility index (Phi) is 3.88. The first-order valence-electron chi connectivity index (χ1n) is 6.50. The Bertz CT molecular complexity index is 582. The standard InChI is InChI=1S/C15H18FN3O/c1-10(2)15(7-3-4-14(17)19-15)12-8-11(18-9-20)5-6-13(12)16/h5-6,8-9H,1,3-4,7H2,2H3,(H2,17,19)(H,18,20)/t15-/m1/s1. The van der Waals surface area contributed by atoms with Crippen molar-refractivity contribution in [2.24, 2.45) is 10.7 Å². The number of carbonyl (C=O) groups excluding carboxylic acids is 1. The van der Waals surface area contributed by atoms with E-state index in [0.29, 0.717) is 36.3 Å². The first-order valence-corrected chi connectivity index (χ1v) is 6.50. The van der Waals surface area contributed by atoms with Gasteiger partial charge >= 0.3 is 0 Å². The smallest absolute Gasteiger partial charge is 0.211 e. The second-order valence-corrected chi connectivity index (χ2v) is 5.05. The second kappa shape index (κ2) is 5.45. The third-order valence-corrected chi connectivity index (χ3v) is 3.65. The Morgan fingerprint density at radius 3 is 2.95 bits per heavy atom. The summed E-state index contributed by atoms with van der Waals surface area (Å²) in [6.07, 6.45) is 2.75. The highest BCUT2D eigenvalue weighted by atomic mass is 19.1. The van der Waals surface area contributed by atoms with Gasteiger partial charge in [-0.25, -0.2) is 4.39 Å². The van der Waals surface area contributed by atoms with E-state index in [4.69, 9.17) is 5.73 Å². The third-order valence-electron chi connectivity index (χ3n) is 3.65. The van der Waals surface area contributed by atoms with E-state index in [1.54, 1.807) is 6.07 Å². The molecule has 0 saturated carbocycles. The first kappa shape index (κ1) is 14.2. The van der Waals surface area contributed by atoms with Gasteiger partial charge in [0.1, 0.15) is 11.4 Å². The normalized spacial score (nSPS) is 22.0. The van der Waals surface area contributed by atoms with Crippen molar-refractivity contribution in [3.05, 3.63) is 41.7 Å². The van der Waals surface area contributed by atoms with E-state index in [1.807, 2.05) is 6.92 Å². The average Bonchev–Trinajstić information content (AvgIpc) is 2.41. The first-order chi connectivity index (χ1) is 9.49. The van der Waals surface area contributed by atoms with Crippen molar-refractivity contribution in [1.82, 2.24) is 0 Å². The SMILES string of the molecule is C=C(C)[C@@]1(c2cc(NC=O)ccc2F)CCCC(N)=N1. The molecule has 1 atom stereocenters. The van der Waals surface area contributed by atoms with Crippen molar-refractivity contribution in [3.63, 3.8) is 0 Å². The van der Waals surface area contributed by atoms with Gasteiger partial charge in [-0.15, -0.1) is 0 Å². The summed E-state index contributed by atoms with van der Waals surface area (Å²) in [6.45, 7) is 5.78. The van der Waals surface area contributed by atoms with Crippen molar-refractivity contribution in [2.45, 2.75) is 31.7 Å². The zero-order valence-corrected chi connectivity index (χ0v) is 11.4. The maximum atomic E-state index is 14.3. The molecule has 0 aliphatic carbocycles. The molecule has 0 saturated heterocycles. The van der Waals surface area contributed by atoms with E-state index in [9.17, 15) is 9.18 Å². The quantitative estimate of drug-likeness (QED) is 0.655. The van der Waals surface area contributed by atoms with Crippen molar-refractivity contribution in [3.8, 4) is 0 Å². The van der Waals surface area contributed by atoms with Crippen molar-refractivity contribution in [2.75, 3.05) is 5.32 Å². The van der Waals surface area contributed by atoms with Crippen LogP contribution >= 0.6 is 0 Å². The summed E-state index contributed by atoms with van der Waals surface area (Å²) < 4.78 is 14.3. The monoisotopic (exact) mass is 275 g/mol. The molecule has 0 spiro atoms. The van der Waals surface area contributed by atoms with Crippen LogP contribution in [-0.2, 0) is 10.3 Å². The summed E-state index contributed by atoms with van der Waals surface area (Å²) in [5.74, 6) is 0.135. The Labute approximate surface area is 117 Å². The van der Waals surface area contributed by atoms with Gasteiger partial charge in [0.2, 0.25) is 6.41 Å². The summed E-state index contributed by atoms with van der Waals surface area (Å²) in [6, 6.07) is 4.43. The minimum Gasteiger partial charge on any atom is -0.387 e. The number of aliphatic imine (C=N–C) groups is 1. The number of nitrogens with two attached hydrogens (primary N) is 1. The topological polar surface area (TPSA) is 67.5 Å². The fourth-order valence-electron chi connectivity index (χ4n) is 2.62. The molecule has 0 radical (unpaired) electrons. The molecular formula is C15H18FN3O.